The Hall–Kier alpha value is -2.15. The lowest BCUT2D eigenvalue weighted by molar-refractivity contribution is -0.149. The maximum Gasteiger partial charge on any atom is 0.319 e. The van der Waals surface area contributed by atoms with E-state index in [0.29, 0.717) is 5.82 Å². The van der Waals surface area contributed by atoms with E-state index in [1.807, 2.05) is 24.4 Å². The lowest BCUT2D eigenvalue weighted by Gasteiger charge is -2.28. The molecule has 1 aliphatic rings. The number of aromatic nitrogens is 2. The Morgan fingerprint density at radius 3 is 2.95 bits per heavy atom. The van der Waals surface area contributed by atoms with Crippen molar-refractivity contribution in [3.8, 4) is 0 Å². The molecule has 3 rings (SSSR count). The molecule has 1 amide bonds. The molecule has 0 radical (unpaired) electrons. The summed E-state index contributed by atoms with van der Waals surface area (Å²) >= 11 is 1.51. The van der Waals surface area contributed by atoms with Crippen molar-refractivity contribution in [3.05, 3.63) is 33.6 Å². The molecular formula is C13H13N3O3S. The number of H-pyrrole nitrogens is 1. The van der Waals surface area contributed by atoms with Crippen LogP contribution in [0.15, 0.2) is 17.5 Å². The van der Waals surface area contributed by atoms with E-state index < -0.39 is 11.9 Å². The van der Waals surface area contributed by atoms with Gasteiger partial charge in [0.2, 0.25) is 5.91 Å². The van der Waals surface area contributed by atoms with Gasteiger partial charge in [-0.05, 0) is 18.4 Å². The second kappa shape index (κ2) is 4.75. The zero-order valence-corrected chi connectivity index (χ0v) is 11.8. The number of nitrogens with zero attached hydrogens (tertiary/aromatic N) is 1. The van der Waals surface area contributed by atoms with Crippen molar-refractivity contribution in [1.29, 1.82) is 0 Å². The van der Waals surface area contributed by atoms with E-state index in [-0.39, 0.29) is 11.8 Å². The van der Waals surface area contributed by atoms with Crippen LogP contribution in [-0.4, -0.2) is 29.2 Å². The van der Waals surface area contributed by atoms with Gasteiger partial charge in [-0.15, -0.1) is 11.3 Å². The third kappa shape index (κ3) is 1.82. The molecule has 1 aliphatic heterocycles. The smallest absolute Gasteiger partial charge is 0.319 e. The monoisotopic (exact) mass is 291 g/mol. The number of thiophene rings is 1. The predicted molar refractivity (Wildman–Crippen MR) is 73.6 cm³/mol. The average Bonchev–Trinajstić information content (AvgIpc) is 3.07. The second-order valence-corrected chi connectivity index (χ2v) is 5.57. The Bertz CT molecular complexity index is 662. The van der Waals surface area contributed by atoms with Gasteiger partial charge in [-0.1, -0.05) is 6.07 Å². The van der Waals surface area contributed by atoms with Gasteiger partial charge in [-0.25, -0.2) is 0 Å². The summed E-state index contributed by atoms with van der Waals surface area (Å²) in [5.74, 6) is -1.67. The number of nitrogens with one attached hydrogen (secondary N) is 2. The highest BCUT2D eigenvalue weighted by molar-refractivity contribution is 7.10. The molecule has 0 saturated carbocycles. The fraction of sp³-hybridized carbons (Fsp3) is 0.308. The van der Waals surface area contributed by atoms with Crippen molar-refractivity contribution in [2.45, 2.75) is 12.8 Å². The van der Waals surface area contributed by atoms with Crippen molar-refractivity contribution in [1.82, 2.24) is 10.2 Å². The number of anilines is 1. The molecule has 0 fully saturated rings. The zero-order valence-electron chi connectivity index (χ0n) is 11.0. The second-order valence-electron chi connectivity index (χ2n) is 4.59. The van der Waals surface area contributed by atoms with Gasteiger partial charge in [0.15, 0.2) is 5.82 Å². The molecule has 2 unspecified atom stereocenters. The van der Waals surface area contributed by atoms with Gasteiger partial charge in [-0.2, -0.15) is 5.10 Å². The third-order valence-corrected chi connectivity index (χ3v) is 4.42. The maximum atomic E-state index is 12.2. The van der Waals surface area contributed by atoms with E-state index in [2.05, 4.69) is 15.5 Å². The SMILES string of the molecule is COC(=O)C1C(=O)Nc2n[nH]c(C)c2C1c1cccs1. The van der Waals surface area contributed by atoms with Crippen LogP contribution in [0.25, 0.3) is 0 Å². The third-order valence-electron chi connectivity index (χ3n) is 3.47. The lowest BCUT2D eigenvalue weighted by atomic mass is 9.81. The molecule has 0 saturated heterocycles. The highest BCUT2D eigenvalue weighted by atomic mass is 32.1. The molecule has 104 valence electrons. The van der Waals surface area contributed by atoms with Crippen LogP contribution in [-0.2, 0) is 14.3 Å². The molecule has 2 atom stereocenters. The van der Waals surface area contributed by atoms with E-state index in [4.69, 9.17) is 4.74 Å². The van der Waals surface area contributed by atoms with Crippen LogP contribution in [0.3, 0.4) is 0 Å². The number of hydrogen-bond acceptors (Lipinski definition) is 5. The summed E-state index contributed by atoms with van der Waals surface area (Å²) in [6.07, 6.45) is 0. The number of ether oxygens (including phenoxy) is 1. The normalized spacial score (nSPS) is 21.2. The molecule has 0 aliphatic carbocycles. The minimum atomic E-state index is -0.887. The van der Waals surface area contributed by atoms with Gasteiger partial charge in [0, 0.05) is 22.1 Å². The number of rotatable bonds is 2. The number of methoxy groups -OCH3 is 1. The summed E-state index contributed by atoms with van der Waals surface area (Å²) in [4.78, 5) is 25.2. The molecule has 7 heteroatoms. The summed E-state index contributed by atoms with van der Waals surface area (Å²) in [5.41, 5.74) is 1.69. The van der Waals surface area contributed by atoms with E-state index >= 15 is 0 Å². The van der Waals surface area contributed by atoms with Crippen LogP contribution >= 0.6 is 11.3 Å². The first kappa shape index (κ1) is 12.9. The van der Waals surface area contributed by atoms with Crippen LogP contribution < -0.4 is 5.32 Å². The van der Waals surface area contributed by atoms with Crippen molar-refractivity contribution in [2.24, 2.45) is 5.92 Å². The molecule has 3 heterocycles. The highest BCUT2D eigenvalue weighted by Crippen LogP contribution is 2.43. The molecule has 0 bridgehead atoms. The number of fused-ring (bicyclic) bond motifs is 1. The van der Waals surface area contributed by atoms with Gasteiger partial charge in [-0.3, -0.25) is 14.7 Å². The molecule has 2 aromatic rings. The topological polar surface area (TPSA) is 84.1 Å². The van der Waals surface area contributed by atoms with Crippen LogP contribution in [0.4, 0.5) is 5.82 Å². The summed E-state index contributed by atoms with van der Waals surface area (Å²) in [5, 5.41) is 11.5. The molecule has 0 spiro atoms. The van der Waals surface area contributed by atoms with Gasteiger partial charge in [0.05, 0.1) is 7.11 Å². The Labute approximate surface area is 119 Å². The summed E-state index contributed by atoms with van der Waals surface area (Å²) < 4.78 is 4.79. The van der Waals surface area contributed by atoms with Gasteiger partial charge in [0.25, 0.3) is 0 Å². The molecule has 2 aromatic heterocycles. The number of aryl methyl sites for hydroxylation is 1. The fourth-order valence-electron chi connectivity index (χ4n) is 2.57. The first-order valence-corrected chi connectivity index (χ1v) is 6.98. The largest absolute Gasteiger partial charge is 0.468 e. The number of carbonyl (C=O) groups is 2. The number of amides is 1. The van der Waals surface area contributed by atoms with Crippen molar-refractivity contribution in [2.75, 3.05) is 12.4 Å². The predicted octanol–water partition coefficient (Wildman–Crippen LogP) is 1.65. The molecule has 20 heavy (non-hydrogen) atoms. The van der Waals surface area contributed by atoms with Crippen molar-refractivity contribution < 1.29 is 14.3 Å². The van der Waals surface area contributed by atoms with Gasteiger partial charge < -0.3 is 10.1 Å². The van der Waals surface area contributed by atoms with E-state index in [1.165, 1.54) is 18.4 Å². The Morgan fingerprint density at radius 2 is 2.30 bits per heavy atom. The number of esters is 1. The number of hydrogen-bond donors (Lipinski definition) is 2. The Morgan fingerprint density at radius 1 is 1.50 bits per heavy atom. The van der Waals surface area contributed by atoms with Gasteiger partial charge >= 0.3 is 5.97 Å². The fourth-order valence-corrected chi connectivity index (χ4v) is 3.44. The average molecular weight is 291 g/mol. The maximum absolute atomic E-state index is 12.2. The first-order chi connectivity index (χ1) is 9.63. The molecule has 0 aromatic carbocycles. The molecule has 6 nitrogen and oxygen atoms in total. The first-order valence-electron chi connectivity index (χ1n) is 6.10. The van der Waals surface area contributed by atoms with Crippen LogP contribution in [0.2, 0.25) is 0 Å². The Balaban J connectivity index is 2.18. The van der Waals surface area contributed by atoms with E-state index in [9.17, 15) is 9.59 Å². The molecule has 2 N–H and O–H groups in total. The highest BCUT2D eigenvalue weighted by Gasteiger charge is 2.45. The van der Waals surface area contributed by atoms with Gasteiger partial charge in [0.1, 0.15) is 5.92 Å². The minimum Gasteiger partial charge on any atom is -0.468 e. The zero-order chi connectivity index (χ0) is 14.3. The lowest BCUT2D eigenvalue weighted by Crippen LogP contribution is -2.39. The minimum absolute atomic E-state index is 0.357. The quantitative estimate of drug-likeness (QED) is 0.651. The van der Waals surface area contributed by atoms with Crippen LogP contribution in [0.1, 0.15) is 22.1 Å². The number of carbonyl (C=O) groups excluding carboxylic acids is 2. The van der Waals surface area contributed by atoms with Crippen LogP contribution in [0, 0.1) is 12.8 Å². The van der Waals surface area contributed by atoms with Crippen molar-refractivity contribution >= 4 is 29.0 Å². The summed E-state index contributed by atoms with van der Waals surface area (Å²) in [7, 11) is 1.29. The van der Waals surface area contributed by atoms with E-state index in [0.717, 1.165) is 16.1 Å². The number of aromatic amines is 1. The summed E-state index contributed by atoms with van der Waals surface area (Å²) in [6.45, 7) is 1.87. The summed E-state index contributed by atoms with van der Waals surface area (Å²) in [6, 6.07) is 3.82. The Kier molecular flexibility index (Phi) is 3.06. The van der Waals surface area contributed by atoms with Crippen LogP contribution in [0.5, 0.6) is 0 Å². The standard InChI is InChI=1S/C13H13N3O3S/c1-6-8-9(7-4-3-5-20-7)10(13(18)19-2)12(17)14-11(8)16-15-6/h3-5,9-10H,1-2H3,(H2,14,15,16,17). The molecular weight excluding hydrogens is 278 g/mol. The van der Waals surface area contributed by atoms with Crippen molar-refractivity contribution in [3.63, 3.8) is 0 Å². The van der Waals surface area contributed by atoms with E-state index in [1.54, 1.807) is 0 Å².